The lowest BCUT2D eigenvalue weighted by molar-refractivity contribution is 0.562. The monoisotopic (exact) mass is 600 g/mol. The van der Waals surface area contributed by atoms with Gasteiger partial charge >= 0.3 is 0 Å². The van der Waals surface area contributed by atoms with Crippen molar-refractivity contribution in [3.05, 3.63) is 89.5 Å². The Morgan fingerprint density at radius 3 is 0.930 bits per heavy atom. The second-order valence-corrected chi connectivity index (χ2v) is 18.6. The molecule has 43 heavy (non-hydrogen) atoms. The second kappa shape index (κ2) is 20.2. The zero-order valence-corrected chi connectivity index (χ0v) is 30.5. The van der Waals surface area contributed by atoms with Crippen LogP contribution in [0.3, 0.4) is 0 Å². The first-order valence-electron chi connectivity index (χ1n) is 18.0. The zero-order valence-electron chi connectivity index (χ0n) is 29.6. The summed E-state index contributed by atoms with van der Waals surface area (Å²) >= 11 is 0. The highest BCUT2D eigenvalue weighted by Crippen LogP contribution is 2.57. The molecular formula is C41H66BP. The minimum Gasteiger partial charge on any atom is -0.200 e. The van der Waals surface area contributed by atoms with Crippen LogP contribution < -0.4 is 16.4 Å². The summed E-state index contributed by atoms with van der Waals surface area (Å²) in [7, 11) is -0.420. The molecule has 0 spiro atoms. The third-order valence-corrected chi connectivity index (χ3v) is 16.0. The first-order chi connectivity index (χ1) is 20.8. The molecule has 0 aliphatic heterocycles. The smallest absolute Gasteiger partial charge is 0.0814 e. The summed E-state index contributed by atoms with van der Waals surface area (Å²) < 4.78 is 0. The van der Waals surface area contributed by atoms with E-state index < -0.39 is 13.4 Å². The molecule has 0 saturated carbocycles. The molecule has 0 radical (unpaired) electrons. The topological polar surface area (TPSA) is 0 Å². The maximum atomic E-state index is 2.39. The lowest BCUT2D eigenvalue weighted by atomic mass is 9.14. The summed E-state index contributed by atoms with van der Waals surface area (Å²) in [5.41, 5.74) is 8.44. The van der Waals surface area contributed by atoms with Crippen LogP contribution in [0.5, 0.6) is 0 Å². The first-order valence-corrected chi connectivity index (χ1v) is 20.6. The van der Waals surface area contributed by atoms with Crippen molar-refractivity contribution < 1.29 is 0 Å². The molecule has 0 unspecified atom stereocenters. The van der Waals surface area contributed by atoms with Gasteiger partial charge in [0, 0.05) is 7.26 Å². The van der Waals surface area contributed by atoms with Gasteiger partial charge in [0.1, 0.15) is 0 Å². The molecule has 3 aromatic carbocycles. The molecule has 0 heterocycles. The fraction of sp³-hybridized carbons (Fsp3) is 0.561. The SMILES string of the molecule is CCCCCCCCCCCC[B-](c1ccc(C)cc1)(c1ccc(C)cc1)c1ccc(C)cc1.CC[P+](CC)(CC)CC. The summed E-state index contributed by atoms with van der Waals surface area (Å²) in [6.45, 7) is 18.3. The summed E-state index contributed by atoms with van der Waals surface area (Å²) in [5, 5.41) is 0. The van der Waals surface area contributed by atoms with Crippen molar-refractivity contribution in [1.29, 1.82) is 0 Å². The Bertz CT molecular complexity index is 981. The average Bonchev–Trinajstić information content (AvgIpc) is 3.03. The third kappa shape index (κ3) is 11.5. The van der Waals surface area contributed by atoms with E-state index in [0.717, 1.165) is 0 Å². The molecule has 0 N–H and O–H groups in total. The molecule has 0 aliphatic rings. The highest BCUT2D eigenvalue weighted by molar-refractivity contribution is 7.75. The van der Waals surface area contributed by atoms with Gasteiger partial charge in [-0.15, -0.1) is 0 Å². The molecule has 0 bridgehead atoms. The van der Waals surface area contributed by atoms with Crippen LogP contribution in [0.1, 0.15) is 116 Å². The summed E-state index contributed by atoms with van der Waals surface area (Å²) in [4.78, 5) is 0. The summed E-state index contributed by atoms with van der Waals surface area (Å²) in [6, 6.07) is 28.2. The van der Waals surface area contributed by atoms with Gasteiger partial charge in [0.25, 0.3) is 0 Å². The Hall–Kier alpha value is -1.85. The zero-order chi connectivity index (χ0) is 31.6. The van der Waals surface area contributed by atoms with Crippen molar-refractivity contribution in [1.82, 2.24) is 0 Å². The van der Waals surface area contributed by atoms with Gasteiger partial charge in [0.2, 0.25) is 0 Å². The summed E-state index contributed by atoms with van der Waals surface area (Å²) in [5.74, 6) is 0. The second-order valence-electron chi connectivity index (χ2n) is 13.4. The van der Waals surface area contributed by atoms with Crippen LogP contribution >= 0.6 is 7.26 Å². The van der Waals surface area contributed by atoms with Crippen LogP contribution in [0.2, 0.25) is 6.32 Å². The number of hydrogen-bond donors (Lipinski definition) is 0. The maximum Gasteiger partial charge on any atom is 0.0814 e. The van der Waals surface area contributed by atoms with Gasteiger partial charge < -0.3 is 0 Å². The van der Waals surface area contributed by atoms with Gasteiger partial charge in [-0.05, 0) is 48.5 Å². The van der Waals surface area contributed by atoms with Gasteiger partial charge in [0.05, 0.1) is 30.8 Å². The highest BCUT2D eigenvalue weighted by atomic mass is 31.2. The van der Waals surface area contributed by atoms with E-state index in [1.807, 2.05) is 0 Å². The highest BCUT2D eigenvalue weighted by Gasteiger charge is 2.29. The van der Waals surface area contributed by atoms with E-state index in [9.17, 15) is 0 Å². The molecule has 0 aromatic heterocycles. The fourth-order valence-corrected chi connectivity index (χ4v) is 9.73. The molecule has 3 aromatic rings. The van der Waals surface area contributed by atoms with Gasteiger partial charge in [-0.2, -0.15) is 22.7 Å². The molecule has 0 amide bonds. The standard InChI is InChI=1S/C33H46B.C8H20P/c1-5-6-7-8-9-10-11-12-13-14-27-34(31-21-15-28(2)16-22-31,32-23-17-29(3)18-24-32)33-25-19-30(4)20-26-33;1-5-9(6-2,7-3)8-4/h15-26H,5-14,27H2,1-4H3;5-8H2,1-4H3/q-1;+1. The van der Waals surface area contributed by atoms with E-state index in [1.54, 1.807) is 0 Å². The van der Waals surface area contributed by atoms with E-state index in [2.05, 4.69) is 128 Å². The molecule has 0 atom stereocenters. The maximum absolute atomic E-state index is 2.39. The van der Waals surface area contributed by atoms with E-state index >= 15 is 0 Å². The Morgan fingerprint density at radius 1 is 0.395 bits per heavy atom. The van der Waals surface area contributed by atoms with Crippen molar-refractivity contribution in [2.45, 2.75) is 126 Å². The van der Waals surface area contributed by atoms with Crippen LogP contribution in [0.25, 0.3) is 0 Å². The molecule has 2 heteroatoms. The fourth-order valence-electron chi connectivity index (χ4n) is 7.04. The Kier molecular flexibility index (Phi) is 17.6. The Balaban J connectivity index is 0.000000621. The molecule has 3 rings (SSSR count). The van der Waals surface area contributed by atoms with Crippen LogP contribution in [-0.4, -0.2) is 30.8 Å². The predicted molar refractivity (Wildman–Crippen MR) is 204 cm³/mol. The Labute approximate surface area is 269 Å². The normalized spacial score (nSPS) is 11.7. The first kappa shape index (κ1) is 37.3. The molecule has 0 aliphatic carbocycles. The molecule has 0 saturated heterocycles. The number of benzene rings is 3. The van der Waals surface area contributed by atoms with Crippen LogP contribution in [-0.2, 0) is 0 Å². The number of rotatable bonds is 18. The van der Waals surface area contributed by atoms with E-state index in [0.29, 0.717) is 0 Å². The van der Waals surface area contributed by atoms with Crippen LogP contribution in [0.4, 0.5) is 0 Å². The van der Waals surface area contributed by atoms with Crippen molar-refractivity contribution in [3.8, 4) is 0 Å². The van der Waals surface area contributed by atoms with Gasteiger partial charge in [0.15, 0.2) is 0 Å². The minimum atomic E-state index is -0.993. The Morgan fingerprint density at radius 2 is 0.674 bits per heavy atom. The molecule has 0 nitrogen and oxygen atoms in total. The van der Waals surface area contributed by atoms with Crippen LogP contribution in [0.15, 0.2) is 72.8 Å². The largest absolute Gasteiger partial charge is 0.200 e. The predicted octanol–water partition coefficient (Wildman–Crippen LogP) is 11.1. The lowest BCUT2D eigenvalue weighted by Gasteiger charge is -2.43. The van der Waals surface area contributed by atoms with Crippen LogP contribution in [0, 0.1) is 20.8 Å². The quantitative estimate of drug-likeness (QED) is 0.0774. The number of unbranched alkanes of at least 4 members (excludes halogenated alkanes) is 9. The minimum absolute atomic E-state index is 0.420. The van der Waals surface area contributed by atoms with Crippen molar-refractivity contribution in [2.75, 3.05) is 24.6 Å². The van der Waals surface area contributed by atoms with E-state index in [-0.39, 0.29) is 0 Å². The van der Waals surface area contributed by atoms with E-state index in [4.69, 9.17) is 0 Å². The van der Waals surface area contributed by atoms with Crippen molar-refractivity contribution in [3.63, 3.8) is 0 Å². The lowest BCUT2D eigenvalue weighted by Crippen LogP contribution is -2.67. The van der Waals surface area contributed by atoms with Gasteiger partial charge in [-0.3, -0.25) is 0 Å². The van der Waals surface area contributed by atoms with Gasteiger partial charge in [-0.1, -0.05) is 161 Å². The molecule has 238 valence electrons. The van der Waals surface area contributed by atoms with Gasteiger partial charge in [-0.25, -0.2) is 0 Å². The number of aryl methyl sites for hydroxylation is 3. The third-order valence-electron chi connectivity index (χ3n) is 10.6. The van der Waals surface area contributed by atoms with Crippen molar-refractivity contribution in [2.24, 2.45) is 0 Å². The van der Waals surface area contributed by atoms with E-state index in [1.165, 1.54) is 128 Å². The molecule has 0 fully saturated rings. The average molecular weight is 601 g/mol. The molecular weight excluding hydrogens is 534 g/mol. The van der Waals surface area contributed by atoms with Crippen molar-refractivity contribution >= 4 is 29.8 Å². The summed E-state index contributed by atoms with van der Waals surface area (Å²) in [6.07, 6.45) is 19.8. The number of hydrogen-bond acceptors (Lipinski definition) is 0.